The minimum Gasteiger partial charge on any atom is -0.493 e. The molecule has 8 heteroatoms. The first kappa shape index (κ1) is 21.2. The van der Waals surface area contributed by atoms with Crippen molar-refractivity contribution in [3.05, 3.63) is 58.8 Å². The zero-order valence-electron chi connectivity index (χ0n) is 17.5. The van der Waals surface area contributed by atoms with E-state index in [1.54, 1.807) is 19.2 Å². The molecule has 2 aromatic rings. The normalized spacial score (nSPS) is 17.8. The molecular weight excluding hydrogens is 417 g/mol. The van der Waals surface area contributed by atoms with E-state index in [0.717, 1.165) is 42.6 Å². The van der Waals surface area contributed by atoms with Crippen LogP contribution in [0.4, 0.5) is 10.1 Å². The molecule has 4 rings (SSSR count). The molecule has 162 valence electrons. The Balaban J connectivity index is 1.40. The Hall–Kier alpha value is -3.00. The van der Waals surface area contributed by atoms with Crippen LogP contribution in [0.25, 0.3) is 6.08 Å². The van der Waals surface area contributed by atoms with Gasteiger partial charge in [-0.1, -0.05) is 6.07 Å². The van der Waals surface area contributed by atoms with Gasteiger partial charge in [-0.25, -0.2) is 4.39 Å². The highest BCUT2D eigenvalue weighted by molar-refractivity contribution is 8.18. The number of carbonyl (C=O) groups excluding carboxylic acids is 1. The van der Waals surface area contributed by atoms with Crippen molar-refractivity contribution < 1.29 is 18.7 Å². The quantitative estimate of drug-likeness (QED) is 0.653. The Bertz CT molecular complexity index is 1020. The summed E-state index contributed by atoms with van der Waals surface area (Å²) in [6.07, 6.45) is 1.83. The first-order valence-corrected chi connectivity index (χ1v) is 11.0. The number of methoxy groups -OCH3 is 1. The summed E-state index contributed by atoms with van der Waals surface area (Å²) < 4.78 is 24.1. The smallest absolute Gasteiger partial charge is 0.286 e. The average Bonchev–Trinajstić information content (AvgIpc) is 3.15. The van der Waals surface area contributed by atoms with Crippen LogP contribution in [0, 0.1) is 5.82 Å². The lowest BCUT2D eigenvalue weighted by Crippen LogP contribution is -2.47. The van der Waals surface area contributed by atoms with Gasteiger partial charge in [-0.15, -0.1) is 0 Å². The van der Waals surface area contributed by atoms with E-state index in [-0.39, 0.29) is 11.7 Å². The van der Waals surface area contributed by atoms with Crippen LogP contribution < -0.4 is 14.4 Å². The van der Waals surface area contributed by atoms with E-state index < -0.39 is 0 Å². The van der Waals surface area contributed by atoms with E-state index >= 15 is 0 Å². The number of nitrogens with zero attached hydrogens (tertiary/aromatic N) is 3. The maximum Gasteiger partial charge on any atom is 0.286 e. The van der Waals surface area contributed by atoms with Crippen LogP contribution in [-0.2, 0) is 4.79 Å². The molecule has 1 amide bonds. The van der Waals surface area contributed by atoms with Crippen LogP contribution in [0.15, 0.2) is 52.4 Å². The monoisotopic (exact) mass is 441 g/mol. The number of halogens is 1. The van der Waals surface area contributed by atoms with Gasteiger partial charge in [0.2, 0.25) is 0 Å². The van der Waals surface area contributed by atoms with Gasteiger partial charge in [-0.3, -0.25) is 4.79 Å². The van der Waals surface area contributed by atoms with E-state index in [1.807, 2.05) is 31.2 Å². The number of hydrogen-bond donors (Lipinski definition) is 0. The zero-order valence-corrected chi connectivity index (χ0v) is 18.3. The highest BCUT2D eigenvalue weighted by atomic mass is 32.2. The molecule has 2 heterocycles. The Kier molecular flexibility index (Phi) is 6.46. The van der Waals surface area contributed by atoms with Gasteiger partial charge in [-0.2, -0.15) is 4.99 Å². The van der Waals surface area contributed by atoms with Gasteiger partial charge in [0.05, 0.1) is 18.6 Å². The van der Waals surface area contributed by atoms with E-state index in [1.165, 1.54) is 23.9 Å². The topological polar surface area (TPSA) is 54.4 Å². The minimum atomic E-state index is -0.234. The average molecular weight is 442 g/mol. The second kappa shape index (κ2) is 9.43. The number of amides is 1. The Morgan fingerprint density at radius 2 is 1.77 bits per heavy atom. The lowest BCUT2D eigenvalue weighted by molar-refractivity contribution is -0.113. The van der Waals surface area contributed by atoms with Crippen molar-refractivity contribution in [1.29, 1.82) is 0 Å². The van der Waals surface area contributed by atoms with E-state index in [0.29, 0.717) is 23.0 Å². The predicted molar refractivity (Wildman–Crippen MR) is 122 cm³/mol. The molecule has 1 fully saturated rings. The number of benzene rings is 2. The summed E-state index contributed by atoms with van der Waals surface area (Å²) in [6, 6.07) is 12.1. The molecule has 2 aliphatic heterocycles. The summed E-state index contributed by atoms with van der Waals surface area (Å²) in [5.41, 5.74) is 1.86. The van der Waals surface area contributed by atoms with Crippen molar-refractivity contribution >= 4 is 34.6 Å². The number of carbonyl (C=O) groups is 1. The van der Waals surface area contributed by atoms with Crippen molar-refractivity contribution in [2.75, 3.05) is 44.8 Å². The third-order valence-corrected chi connectivity index (χ3v) is 6.18. The van der Waals surface area contributed by atoms with Crippen molar-refractivity contribution in [2.24, 2.45) is 4.99 Å². The van der Waals surface area contributed by atoms with E-state index in [9.17, 15) is 9.18 Å². The van der Waals surface area contributed by atoms with Gasteiger partial charge in [0.25, 0.3) is 5.91 Å². The van der Waals surface area contributed by atoms with Crippen molar-refractivity contribution in [1.82, 2.24) is 4.90 Å². The molecule has 0 saturated carbocycles. The number of amidine groups is 1. The van der Waals surface area contributed by atoms with Crippen molar-refractivity contribution in [3.8, 4) is 11.5 Å². The summed E-state index contributed by atoms with van der Waals surface area (Å²) in [4.78, 5) is 21.7. The maximum atomic E-state index is 13.2. The number of piperazine rings is 1. The van der Waals surface area contributed by atoms with Crippen molar-refractivity contribution in [2.45, 2.75) is 6.92 Å². The molecule has 0 aromatic heterocycles. The molecular formula is C23H24FN3O3S. The maximum absolute atomic E-state index is 13.2. The number of ether oxygens (including phenoxy) is 2. The molecule has 2 aliphatic rings. The van der Waals surface area contributed by atoms with Crippen LogP contribution >= 0.6 is 11.8 Å². The summed E-state index contributed by atoms with van der Waals surface area (Å²) in [6.45, 7) is 5.54. The second-order valence-corrected chi connectivity index (χ2v) is 8.11. The molecule has 0 N–H and O–H groups in total. The lowest BCUT2D eigenvalue weighted by Gasteiger charge is -2.36. The number of hydrogen-bond acceptors (Lipinski definition) is 6. The van der Waals surface area contributed by atoms with Gasteiger partial charge >= 0.3 is 0 Å². The summed E-state index contributed by atoms with van der Waals surface area (Å²) in [5.74, 6) is 0.842. The van der Waals surface area contributed by atoms with Crippen LogP contribution in [-0.4, -0.2) is 55.9 Å². The third-order valence-electron chi connectivity index (χ3n) is 5.14. The Morgan fingerprint density at radius 3 is 2.45 bits per heavy atom. The standard InChI is InChI=1S/C23H24FN3O3S/c1-3-30-19-9-4-16(14-20(19)29-2)15-21-22(28)25-23(31-21)27-12-10-26(11-13-27)18-7-5-17(24)6-8-18/h4-9,14-15H,3,10-13H2,1-2H3/b21-15-. The van der Waals surface area contributed by atoms with Crippen LogP contribution in [0.2, 0.25) is 0 Å². The fraction of sp³-hybridized carbons (Fsp3) is 0.304. The zero-order chi connectivity index (χ0) is 21.8. The molecule has 0 aliphatic carbocycles. The number of anilines is 1. The second-order valence-electron chi connectivity index (χ2n) is 7.10. The van der Waals surface area contributed by atoms with E-state index in [4.69, 9.17) is 9.47 Å². The van der Waals surface area contributed by atoms with E-state index in [2.05, 4.69) is 14.8 Å². The molecule has 0 spiro atoms. The molecule has 0 atom stereocenters. The molecule has 0 radical (unpaired) electrons. The summed E-state index contributed by atoms with van der Waals surface area (Å²) >= 11 is 1.39. The number of rotatable bonds is 5. The molecule has 31 heavy (non-hydrogen) atoms. The van der Waals surface area contributed by atoms with Crippen molar-refractivity contribution in [3.63, 3.8) is 0 Å². The largest absolute Gasteiger partial charge is 0.493 e. The highest BCUT2D eigenvalue weighted by Crippen LogP contribution is 2.33. The van der Waals surface area contributed by atoms with Gasteiger partial charge in [-0.05, 0) is 66.7 Å². The SMILES string of the molecule is CCOc1ccc(/C=C2\SC(N3CCN(c4ccc(F)cc4)CC3)=NC2=O)cc1OC. The fourth-order valence-electron chi connectivity index (χ4n) is 3.54. The molecule has 6 nitrogen and oxygen atoms in total. The molecule has 0 unspecified atom stereocenters. The summed E-state index contributed by atoms with van der Waals surface area (Å²) in [7, 11) is 1.59. The van der Waals surface area contributed by atoms with Crippen LogP contribution in [0.1, 0.15) is 12.5 Å². The molecule has 1 saturated heterocycles. The van der Waals surface area contributed by atoms with Gasteiger partial charge in [0.1, 0.15) is 5.82 Å². The van der Waals surface area contributed by atoms with Gasteiger partial charge in [0.15, 0.2) is 16.7 Å². The van der Waals surface area contributed by atoms with Gasteiger partial charge in [0, 0.05) is 31.9 Å². The fourth-order valence-corrected chi connectivity index (χ4v) is 4.51. The first-order valence-electron chi connectivity index (χ1n) is 10.2. The lowest BCUT2D eigenvalue weighted by atomic mass is 10.2. The Labute approximate surface area is 185 Å². The molecule has 2 aromatic carbocycles. The minimum absolute atomic E-state index is 0.228. The number of thioether (sulfide) groups is 1. The van der Waals surface area contributed by atoms with Gasteiger partial charge < -0.3 is 19.3 Å². The highest BCUT2D eigenvalue weighted by Gasteiger charge is 2.28. The molecule has 0 bridgehead atoms. The predicted octanol–water partition coefficient (Wildman–Crippen LogP) is 4.03. The van der Waals surface area contributed by atoms with Crippen LogP contribution in [0.5, 0.6) is 11.5 Å². The third kappa shape index (κ3) is 4.85. The number of aliphatic imine (C=N–C) groups is 1. The van der Waals surface area contributed by atoms with Crippen LogP contribution in [0.3, 0.4) is 0 Å². The summed E-state index contributed by atoms with van der Waals surface area (Å²) in [5, 5.41) is 0.730. The first-order chi connectivity index (χ1) is 15.1. The Morgan fingerprint density at radius 1 is 1.06 bits per heavy atom.